The standard InChI is InChI=1S/C64H62N4O8/c1-11-65-47-33-44-48(34-43(47)61(3,4)49(65)29-39-57(73)41(58(39)74)31-51-63(7,8)55-37-19-15-13-17-35(37)21-23-45(55)67(51)27-25-53(69)70)66(12-2)50(62(44,5)6)30-40-59(75)42(60(40)76)32-52-64(9,10)56-38-20-16-14-18-36(38)22-24-46(56)68(52)28-26-54(71)72/h13-24,29-34H,11-12,25-28H2,1-10H3,(H2-2,69,70,71,72,73,74)/p-2. The molecule has 4 heterocycles. The Labute approximate surface area is 441 Å². The van der Waals surface area contributed by atoms with Gasteiger partial charge in [-0.3, -0.25) is 9.59 Å². The SMILES string of the molecule is CCN1C(=CC2=C([O-])C(C=C3N(CCC(=O)[O-])c4ccc5ccccc5c4C3(C)C)=C2[O-])C(C)(C)c2cc3c(cc21)C(C)(C)C(C=c1c(=O)c(=CC2=[N+](CCC(=O)[O-])c4ccc5ccccc5c4C2(C)C)c1=O)=[N+]3CC. The predicted molar refractivity (Wildman–Crippen MR) is 291 cm³/mol. The summed E-state index contributed by atoms with van der Waals surface area (Å²) < 4.78 is 4.06. The zero-order valence-electron chi connectivity index (χ0n) is 44.7. The molecule has 0 amide bonds. The lowest BCUT2D eigenvalue weighted by atomic mass is 9.77. The molecule has 76 heavy (non-hydrogen) atoms. The predicted octanol–water partition coefficient (Wildman–Crippen LogP) is 4.53. The van der Waals surface area contributed by atoms with Crippen molar-refractivity contribution >= 4 is 79.8 Å². The van der Waals surface area contributed by atoms with E-state index in [4.69, 9.17) is 0 Å². The normalized spacial score (nSPS) is 19.6. The highest BCUT2D eigenvalue weighted by Crippen LogP contribution is 2.55. The summed E-state index contributed by atoms with van der Waals surface area (Å²) in [6, 6.07) is 28.3. The van der Waals surface area contributed by atoms with Crippen LogP contribution in [0.2, 0.25) is 0 Å². The van der Waals surface area contributed by atoms with Crippen LogP contribution in [-0.4, -0.2) is 58.7 Å². The highest BCUT2D eigenvalue weighted by atomic mass is 16.4. The van der Waals surface area contributed by atoms with Gasteiger partial charge in [0.15, 0.2) is 18.0 Å². The van der Waals surface area contributed by atoms with E-state index < -0.39 is 33.6 Å². The summed E-state index contributed by atoms with van der Waals surface area (Å²) in [5, 5.41) is 56.4. The largest absolute Gasteiger partial charge is 0.872 e. The third-order valence-electron chi connectivity index (χ3n) is 17.2. The number of rotatable bonds is 12. The van der Waals surface area contributed by atoms with Crippen LogP contribution in [0.3, 0.4) is 0 Å². The molecular weight excluding hydrogens is 953 g/mol. The van der Waals surface area contributed by atoms with Gasteiger partial charge in [0.25, 0.3) is 0 Å². The highest BCUT2D eigenvalue weighted by molar-refractivity contribution is 6.18. The smallest absolute Gasteiger partial charge is 0.210 e. The van der Waals surface area contributed by atoms with E-state index in [1.807, 2.05) is 124 Å². The molecule has 0 spiro atoms. The minimum Gasteiger partial charge on any atom is -0.872 e. The van der Waals surface area contributed by atoms with Crippen LogP contribution in [0.4, 0.5) is 22.7 Å². The van der Waals surface area contributed by atoms with Gasteiger partial charge >= 0.3 is 0 Å². The van der Waals surface area contributed by atoms with Gasteiger partial charge in [-0.15, -0.1) is 0 Å². The van der Waals surface area contributed by atoms with Crippen molar-refractivity contribution in [3.63, 3.8) is 0 Å². The highest BCUT2D eigenvalue weighted by Gasteiger charge is 2.50. The molecule has 1 aliphatic carbocycles. The van der Waals surface area contributed by atoms with E-state index in [9.17, 15) is 39.6 Å². The van der Waals surface area contributed by atoms with E-state index in [0.29, 0.717) is 24.5 Å². The third-order valence-corrected chi connectivity index (χ3v) is 17.2. The Kier molecular flexibility index (Phi) is 11.3. The van der Waals surface area contributed by atoms with Gasteiger partial charge in [0.1, 0.15) is 6.54 Å². The minimum absolute atomic E-state index is 0.0558. The second kappa shape index (κ2) is 17.2. The second-order valence-corrected chi connectivity index (χ2v) is 22.9. The van der Waals surface area contributed by atoms with Crippen LogP contribution in [0.5, 0.6) is 0 Å². The fraction of sp³-hybridized carbons (Fsp3) is 0.312. The lowest BCUT2D eigenvalue weighted by Gasteiger charge is -2.39. The topological polar surface area (TPSA) is 173 Å². The van der Waals surface area contributed by atoms with Crippen molar-refractivity contribution in [2.45, 2.75) is 104 Å². The summed E-state index contributed by atoms with van der Waals surface area (Å²) in [4.78, 5) is 56.2. The Bertz CT molecular complexity index is 4020. The van der Waals surface area contributed by atoms with Gasteiger partial charge in [-0.2, -0.15) is 9.15 Å². The number of aliphatic carboxylic acids is 2. The monoisotopic (exact) mass is 1010 g/mol. The van der Waals surface area contributed by atoms with E-state index in [0.717, 1.165) is 78.0 Å². The number of fused-ring (bicyclic) bond motifs is 8. The van der Waals surface area contributed by atoms with Gasteiger partial charge in [-0.1, -0.05) is 93.8 Å². The summed E-state index contributed by atoms with van der Waals surface area (Å²) in [5.74, 6) is -3.12. The molecule has 6 aromatic rings. The number of likely N-dealkylation sites (N-methyl/N-ethyl adjacent to an activating group) is 1. The number of carbonyl (C=O) groups excluding carboxylic acids is 2. The Morgan fingerprint density at radius 2 is 1.09 bits per heavy atom. The number of hydrogen-bond acceptors (Lipinski definition) is 10. The number of allylic oxidation sites excluding steroid dienone is 4. The first-order chi connectivity index (χ1) is 36.0. The number of nitrogens with zero attached hydrogens (tertiary/aromatic N) is 4. The molecule has 0 fully saturated rings. The fourth-order valence-electron chi connectivity index (χ4n) is 13.3. The van der Waals surface area contributed by atoms with Gasteiger partial charge in [0.2, 0.25) is 22.2 Å². The summed E-state index contributed by atoms with van der Waals surface area (Å²) >= 11 is 0. The van der Waals surface area contributed by atoms with Gasteiger partial charge < -0.3 is 39.8 Å². The van der Waals surface area contributed by atoms with Gasteiger partial charge in [0.05, 0.1) is 21.3 Å². The van der Waals surface area contributed by atoms with Crippen LogP contribution in [0.1, 0.15) is 104 Å². The van der Waals surface area contributed by atoms with E-state index in [2.05, 4.69) is 49.3 Å². The van der Waals surface area contributed by atoms with Gasteiger partial charge in [-0.05, 0) is 116 Å². The fourth-order valence-corrected chi connectivity index (χ4v) is 13.3. The molecule has 11 rings (SSSR count). The Hall–Kier alpha value is -8.12. The zero-order chi connectivity index (χ0) is 54.3. The van der Waals surface area contributed by atoms with Crippen LogP contribution in [0.25, 0.3) is 33.7 Å². The maximum absolute atomic E-state index is 14.3. The van der Waals surface area contributed by atoms with Crippen LogP contribution in [0.15, 0.2) is 141 Å². The molecule has 0 saturated heterocycles. The first kappa shape index (κ1) is 50.1. The number of carboxylic acids is 2. The van der Waals surface area contributed by atoms with Crippen molar-refractivity contribution in [1.29, 1.82) is 0 Å². The summed E-state index contributed by atoms with van der Waals surface area (Å²) in [6.45, 7) is 21.9. The Morgan fingerprint density at radius 1 is 0.553 bits per heavy atom. The van der Waals surface area contributed by atoms with E-state index >= 15 is 0 Å². The number of benzene rings is 5. The molecule has 0 N–H and O–H groups in total. The summed E-state index contributed by atoms with van der Waals surface area (Å²) in [7, 11) is 0. The minimum atomic E-state index is -1.19. The van der Waals surface area contributed by atoms with Crippen LogP contribution >= 0.6 is 0 Å². The molecule has 4 aliphatic heterocycles. The average Bonchev–Trinajstić information content (AvgIpc) is 4.04. The first-order valence-electron chi connectivity index (χ1n) is 26.2. The molecule has 386 valence electrons. The summed E-state index contributed by atoms with van der Waals surface area (Å²) in [5.41, 5.74) is 7.29. The lowest BCUT2D eigenvalue weighted by molar-refractivity contribution is -0.439. The van der Waals surface area contributed by atoms with Gasteiger partial charge in [0, 0.05) is 107 Å². The maximum atomic E-state index is 14.3. The number of carboxylic acid groups (broad SMARTS) is 2. The van der Waals surface area contributed by atoms with Crippen LogP contribution in [0, 0.1) is 0 Å². The van der Waals surface area contributed by atoms with Gasteiger partial charge in [-0.25, -0.2) is 0 Å². The quantitative estimate of drug-likeness (QED) is 0.159. The van der Waals surface area contributed by atoms with Crippen molar-refractivity contribution < 1.29 is 39.2 Å². The van der Waals surface area contributed by atoms with Crippen LogP contribution < -0.4 is 51.5 Å². The molecular formula is C64H60N4O8-2. The molecule has 12 nitrogen and oxygen atoms in total. The van der Waals surface area contributed by atoms with Crippen molar-refractivity contribution in [1.82, 2.24) is 0 Å². The van der Waals surface area contributed by atoms with Crippen molar-refractivity contribution in [2.75, 3.05) is 36.0 Å². The van der Waals surface area contributed by atoms with Crippen LogP contribution in [-0.2, 0) is 31.2 Å². The molecule has 6 aromatic carbocycles. The van der Waals surface area contributed by atoms with E-state index in [-0.39, 0.29) is 69.9 Å². The molecule has 5 aliphatic rings. The molecule has 0 aromatic heterocycles. The first-order valence-corrected chi connectivity index (χ1v) is 26.2. The van der Waals surface area contributed by atoms with Crippen molar-refractivity contribution in [3.05, 3.63) is 184 Å². The molecule has 0 unspecified atom stereocenters. The summed E-state index contributed by atoms with van der Waals surface area (Å²) in [6.07, 6.45) is 6.33. The number of anilines is 2. The van der Waals surface area contributed by atoms with Crippen molar-refractivity contribution in [3.8, 4) is 0 Å². The number of carbonyl (C=O) groups is 2. The lowest BCUT2D eigenvalue weighted by Crippen LogP contribution is -2.65. The molecule has 12 heteroatoms. The number of hydrogen-bond donors (Lipinski definition) is 0. The van der Waals surface area contributed by atoms with E-state index in [1.54, 1.807) is 24.3 Å². The third kappa shape index (κ3) is 7.08. The van der Waals surface area contributed by atoms with Crippen molar-refractivity contribution in [2.24, 2.45) is 0 Å². The zero-order valence-corrected chi connectivity index (χ0v) is 44.7. The molecule has 0 saturated carbocycles. The maximum Gasteiger partial charge on any atom is 0.210 e. The molecule has 0 bridgehead atoms. The van der Waals surface area contributed by atoms with E-state index in [1.165, 1.54) is 0 Å². The average molecular weight is 1010 g/mol. The molecule has 0 atom stereocenters. The Morgan fingerprint density at radius 3 is 1.66 bits per heavy atom. The molecule has 0 radical (unpaired) electrons. The Balaban J connectivity index is 0.947. The second-order valence-electron chi connectivity index (χ2n) is 22.9.